The van der Waals surface area contributed by atoms with Gasteiger partial charge in [-0.1, -0.05) is 0 Å². The number of carbonyl (C=O) groups excluding carboxylic acids is 1. The number of hydrogen-bond acceptors (Lipinski definition) is 4. The molecule has 1 aliphatic heterocycles. The molecule has 1 aliphatic rings. The Bertz CT molecular complexity index is 672. The van der Waals surface area contributed by atoms with Crippen LogP contribution >= 0.6 is 0 Å². The van der Waals surface area contributed by atoms with Crippen molar-refractivity contribution in [3.8, 4) is 0 Å². The van der Waals surface area contributed by atoms with Crippen molar-refractivity contribution < 1.29 is 14.3 Å². The van der Waals surface area contributed by atoms with E-state index in [9.17, 15) is 9.90 Å². The minimum absolute atomic E-state index is 0.0311. The highest BCUT2D eigenvalue weighted by Gasteiger charge is 2.31. The Morgan fingerprint density at radius 1 is 1.54 bits per heavy atom. The highest BCUT2D eigenvalue weighted by molar-refractivity contribution is 5.74. The molecule has 0 radical (unpaired) electrons. The SMILES string of the molecule is Cc1cnccc1CNC(=O)N1CCC[C@H]1C[C@H](O)c1ccco1. The number of likely N-dealkylation sites (tertiary alicyclic amines) is 1. The molecule has 0 unspecified atom stereocenters. The Kier molecular flexibility index (Phi) is 5.15. The molecule has 0 aliphatic carbocycles. The molecule has 6 heteroatoms. The molecule has 2 atom stereocenters. The third-order valence-corrected chi connectivity index (χ3v) is 4.57. The number of carbonyl (C=O) groups is 1. The number of aromatic nitrogens is 1. The lowest BCUT2D eigenvalue weighted by atomic mass is 10.1. The molecular formula is C18H23N3O3. The average molecular weight is 329 g/mol. The normalized spacial score (nSPS) is 18.6. The maximum atomic E-state index is 12.5. The summed E-state index contributed by atoms with van der Waals surface area (Å²) in [6.07, 6.45) is 6.74. The summed E-state index contributed by atoms with van der Waals surface area (Å²) in [5.41, 5.74) is 2.12. The Morgan fingerprint density at radius 3 is 3.17 bits per heavy atom. The van der Waals surface area contributed by atoms with E-state index in [0.717, 1.165) is 30.5 Å². The summed E-state index contributed by atoms with van der Waals surface area (Å²) in [5, 5.41) is 13.2. The third-order valence-electron chi connectivity index (χ3n) is 4.57. The van der Waals surface area contributed by atoms with E-state index in [1.807, 2.05) is 17.9 Å². The first kappa shape index (κ1) is 16.5. The van der Waals surface area contributed by atoms with Gasteiger partial charge in [-0.2, -0.15) is 0 Å². The molecular weight excluding hydrogens is 306 g/mol. The third kappa shape index (κ3) is 3.76. The number of pyridine rings is 1. The van der Waals surface area contributed by atoms with Crippen molar-refractivity contribution in [2.75, 3.05) is 6.54 Å². The first-order chi connectivity index (χ1) is 11.6. The van der Waals surface area contributed by atoms with Crippen LogP contribution in [0.3, 0.4) is 0 Å². The maximum absolute atomic E-state index is 12.5. The van der Waals surface area contributed by atoms with Crippen LogP contribution in [0, 0.1) is 6.92 Å². The zero-order valence-corrected chi connectivity index (χ0v) is 13.8. The number of aryl methyl sites for hydroxylation is 1. The molecule has 1 saturated heterocycles. The number of furan rings is 1. The molecule has 3 rings (SSSR count). The monoisotopic (exact) mass is 329 g/mol. The van der Waals surface area contributed by atoms with Gasteiger partial charge in [0.2, 0.25) is 0 Å². The average Bonchev–Trinajstić information content (AvgIpc) is 3.25. The number of nitrogens with zero attached hydrogens (tertiary/aromatic N) is 2. The summed E-state index contributed by atoms with van der Waals surface area (Å²) in [4.78, 5) is 18.4. The molecule has 3 heterocycles. The van der Waals surface area contributed by atoms with Gasteiger partial charge in [0.05, 0.1) is 6.26 Å². The van der Waals surface area contributed by atoms with E-state index >= 15 is 0 Å². The van der Waals surface area contributed by atoms with Gasteiger partial charge in [-0.05, 0) is 49.1 Å². The zero-order valence-electron chi connectivity index (χ0n) is 13.8. The van der Waals surface area contributed by atoms with E-state index in [-0.39, 0.29) is 12.1 Å². The first-order valence-corrected chi connectivity index (χ1v) is 8.30. The Labute approximate surface area is 141 Å². The summed E-state index contributed by atoms with van der Waals surface area (Å²) in [6, 6.07) is 5.38. The standard InChI is InChI=1S/C18H23N3O3/c1-13-11-19-7-6-14(13)12-20-18(23)21-8-2-4-15(21)10-16(22)17-5-3-9-24-17/h3,5-7,9,11,15-16,22H,2,4,8,10,12H2,1H3,(H,20,23)/t15-,16-/m0/s1. The highest BCUT2D eigenvalue weighted by atomic mass is 16.4. The quantitative estimate of drug-likeness (QED) is 0.884. The Balaban J connectivity index is 1.56. The van der Waals surface area contributed by atoms with Gasteiger partial charge in [0, 0.05) is 37.9 Å². The van der Waals surface area contributed by atoms with Gasteiger partial charge in [0.15, 0.2) is 0 Å². The predicted octanol–water partition coefficient (Wildman–Crippen LogP) is 2.78. The molecule has 1 fully saturated rings. The molecule has 2 N–H and O–H groups in total. The van der Waals surface area contributed by atoms with Gasteiger partial charge >= 0.3 is 6.03 Å². The van der Waals surface area contributed by atoms with Gasteiger partial charge in [0.25, 0.3) is 0 Å². The van der Waals surface area contributed by atoms with Crippen LogP contribution in [-0.2, 0) is 6.54 Å². The number of aliphatic hydroxyl groups is 1. The van der Waals surface area contributed by atoms with Crippen LogP contribution in [0.2, 0.25) is 0 Å². The first-order valence-electron chi connectivity index (χ1n) is 8.30. The lowest BCUT2D eigenvalue weighted by Crippen LogP contribution is -2.43. The second-order valence-corrected chi connectivity index (χ2v) is 6.22. The van der Waals surface area contributed by atoms with E-state index in [1.54, 1.807) is 30.8 Å². The molecule has 2 aromatic rings. The molecule has 6 nitrogen and oxygen atoms in total. The maximum Gasteiger partial charge on any atom is 0.317 e. The topological polar surface area (TPSA) is 78.6 Å². The lowest BCUT2D eigenvalue weighted by Gasteiger charge is -2.26. The van der Waals surface area contributed by atoms with Crippen LogP contribution in [0.25, 0.3) is 0 Å². The Morgan fingerprint density at radius 2 is 2.42 bits per heavy atom. The molecule has 2 amide bonds. The highest BCUT2D eigenvalue weighted by Crippen LogP contribution is 2.27. The van der Waals surface area contributed by atoms with E-state index in [2.05, 4.69) is 10.3 Å². The minimum atomic E-state index is -0.680. The van der Waals surface area contributed by atoms with E-state index in [0.29, 0.717) is 18.7 Å². The van der Waals surface area contributed by atoms with Gasteiger partial charge < -0.3 is 19.7 Å². The second-order valence-electron chi connectivity index (χ2n) is 6.22. The molecule has 0 bridgehead atoms. The fourth-order valence-corrected chi connectivity index (χ4v) is 3.18. The van der Waals surface area contributed by atoms with Crippen LogP contribution in [0.15, 0.2) is 41.3 Å². The summed E-state index contributed by atoms with van der Waals surface area (Å²) >= 11 is 0. The van der Waals surface area contributed by atoms with Crippen LogP contribution in [0.4, 0.5) is 4.79 Å². The summed E-state index contributed by atoms with van der Waals surface area (Å²) in [7, 11) is 0. The van der Waals surface area contributed by atoms with E-state index < -0.39 is 6.10 Å². The second kappa shape index (κ2) is 7.49. The number of rotatable bonds is 5. The van der Waals surface area contributed by atoms with Crippen LogP contribution in [0.1, 0.15) is 42.3 Å². The molecule has 0 saturated carbocycles. The van der Waals surface area contributed by atoms with Crippen molar-refractivity contribution in [3.05, 3.63) is 53.7 Å². The fourth-order valence-electron chi connectivity index (χ4n) is 3.18. The van der Waals surface area contributed by atoms with Crippen molar-refractivity contribution in [1.82, 2.24) is 15.2 Å². The number of nitrogens with one attached hydrogen (secondary N) is 1. The van der Waals surface area contributed by atoms with Crippen molar-refractivity contribution >= 4 is 6.03 Å². The van der Waals surface area contributed by atoms with Gasteiger partial charge in [0.1, 0.15) is 11.9 Å². The molecule has 128 valence electrons. The van der Waals surface area contributed by atoms with E-state index in [4.69, 9.17) is 4.42 Å². The van der Waals surface area contributed by atoms with Crippen molar-refractivity contribution in [3.63, 3.8) is 0 Å². The van der Waals surface area contributed by atoms with Crippen LogP contribution in [-0.4, -0.2) is 33.6 Å². The van der Waals surface area contributed by atoms with E-state index in [1.165, 1.54) is 0 Å². The van der Waals surface area contributed by atoms with Gasteiger partial charge in [-0.25, -0.2) is 4.79 Å². The number of amides is 2. The largest absolute Gasteiger partial charge is 0.467 e. The smallest absolute Gasteiger partial charge is 0.317 e. The number of aliphatic hydroxyl groups excluding tert-OH is 1. The lowest BCUT2D eigenvalue weighted by molar-refractivity contribution is 0.108. The zero-order chi connectivity index (χ0) is 16.9. The van der Waals surface area contributed by atoms with Gasteiger partial charge in [-0.15, -0.1) is 0 Å². The minimum Gasteiger partial charge on any atom is -0.467 e. The van der Waals surface area contributed by atoms with Gasteiger partial charge in [-0.3, -0.25) is 4.98 Å². The summed E-state index contributed by atoms with van der Waals surface area (Å²) in [5.74, 6) is 0.551. The van der Waals surface area contributed by atoms with Crippen LogP contribution < -0.4 is 5.32 Å². The molecule has 24 heavy (non-hydrogen) atoms. The number of hydrogen-bond donors (Lipinski definition) is 2. The van der Waals surface area contributed by atoms with Crippen molar-refractivity contribution in [1.29, 1.82) is 0 Å². The summed E-state index contributed by atoms with van der Waals surface area (Å²) in [6.45, 7) is 3.18. The van der Waals surface area contributed by atoms with Crippen molar-refractivity contribution in [2.45, 2.75) is 44.9 Å². The summed E-state index contributed by atoms with van der Waals surface area (Å²) < 4.78 is 5.24. The predicted molar refractivity (Wildman–Crippen MR) is 89.2 cm³/mol. The molecule has 0 spiro atoms. The fraction of sp³-hybridized carbons (Fsp3) is 0.444. The van der Waals surface area contributed by atoms with Crippen molar-refractivity contribution in [2.24, 2.45) is 0 Å². The Hall–Kier alpha value is -2.34. The van der Waals surface area contributed by atoms with Crippen LogP contribution in [0.5, 0.6) is 0 Å². The number of urea groups is 1. The molecule has 2 aromatic heterocycles. The molecule has 0 aromatic carbocycles.